The van der Waals surface area contributed by atoms with E-state index in [2.05, 4.69) is 5.32 Å². The minimum Gasteiger partial charge on any atom is -0.460 e. The van der Waals surface area contributed by atoms with Crippen molar-refractivity contribution in [2.45, 2.75) is 39.2 Å². The number of halogens is 1. The highest BCUT2D eigenvalue weighted by Crippen LogP contribution is 2.16. The lowest BCUT2D eigenvalue weighted by atomic mass is 10.00. The Bertz CT molecular complexity index is 183. The molecule has 0 radical (unpaired) electrons. The molecule has 1 fully saturated rings. The first-order valence-corrected chi connectivity index (χ1v) is 4.92. The van der Waals surface area contributed by atoms with Crippen LogP contribution in [0.5, 0.6) is 0 Å². The Morgan fingerprint density at radius 3 is 2.50 bits per heavy atom. The summed E-state index contributed by atoms with van der Waals surface area (Å²) in [5, 5.41) is 3.20. The highest BCUT2D eigenvalue weighted by molar-refractivity contribution is 5.85. The molecule has 1 atom stereocenters. The van der Waals surface area contributed by atoms with Gasteiger partial charge < -0.3 is 10.1 Å². The summed E-state index contributed by atoms with van der Waals surface area (Å²) in [4.78, 5) is 11.6. The van der Waals surface area contributed by atoms with Crippen LogP contribution in [0.15, 0.2) is 0 Å². The second-order valence-electron chi connectivity index (χ2n) is 4.58. The highest BCUT2D eigenvalue weighted by atomic mass is 35.5. The van der Waals surface area contributed by atoms with Crippen LogP contribution in [-0.4, -0.2) is 24.7 Å². The summed E-state index contributed by atoms with van der Waals surface area (Å²) in [6, 6.07) is 0. The minimum atomic E-state index is -0.353. The van der Waals surface area contributed by atoms with Crippen molar-refractivity contribution >= 4 is 18.4 Å². The molecule has 4 heteroatoms. The van der Waals surface area contributed by atoms with Crippen molar-refractivity contribution in [1.82, 2.24) is 5.32 Å². The van der Waals surface area contributed by atoms with Gasteiger partial charge in [-0.25, -0.2) is 0 Å². The lowest BCUT2D eigenvalue weighted by Gasteiger charge is -2.26. The van der Waals surface area contributed by atoms with Crippen molar-refractivity contribution in [1.29, 1.82) is 0 Å². The molecule has 0 aromatic heterocycles. The summed E-state index contributed by atoms with van der Waals surface area (Å²) in [5.41, 5.74) is -0.353. The van der Waals surface area contributed by atoms with Crippen LogP contribution in [0.25, 0.3) is 0 Å². The zero-order valence-corrected chi connectivity index (χ0v) is 9.95. The first kappa shape index (κ1) is 13.7. The summed E-state index contributed by atoms with van der Waals surface area (Å²) < 4.78 is 5.30. The number of nitrogens with one attached hydrogen (secondary N) is 1. The Hall–Kier alpha value is -0.280. The number of esters is 1. The molecule has 1 heterocycles. The third-order valence-electron chi connectivity index (χ3n) is 2.04. The third-order valence-corrected chi connectivity index (χ3v) is 2.04. The number of ether oxygens (including phenoxy) is 1. The van der Waals surface area contributed by atoms with E-state index in [-0.39, 0.29) is 29.9 Å². The zero-order valence-electron chi connectivity index (χ0n) is 9.13. The Morgan fingerprint density at radius 1 is 1.43 bits per heavy atom. The molecule has 1 saturated heterocycles. The second kappa shape index (κ2) is 5.56. The van der Waals surface area contributed by atoms with Gasteiger partial charge in [0.15, 0.2) is 0 Å². The minimum absolute atomic E-state index is 0. The number of hydrogen-bond acceptors (Lipinski definition) is 3. The molecule has 1 N–H and O–H groups in total. The number of carbonyl (C=O) groups excluding carboxylic acids is 1. The van der Waals surface area contributed by atoms with Crippen molar-refractivity contribution in [3.05, 3.63) is 0 Å². The molecule has 0 unspecified atom stereocenters. The van der Waals surface area contributed by atoms with Crippen LogP contribution in [0.4, 0.5) is 0 Å². The lowest BCUT2D eigenvalue weighted by molar-refractivity contribution is -0.160. The average molecular weight is 222 g/mol. The molecule has 0 aromatic rings. The van der Waals surface area contributed by atoms with Gasteiger partial charge in [-0.2, -0.15) is 0 Å². The first-order chi connectivity index (χ1) is 5.99. The zero-order chi connectivity index (χ0) is 9.90. The van der Waals surface area contributed by atoms with Crippen molar-refractivity contribution in [3.63, 3.8) is 0 Å². The van der Waals surface area contributed by atoms with Crippen LogP contribution in [0.3, 0.4) is 0 Å². The first-order valence-electron chi connectivity index (χ1n) is 4.92. The maximum Gasteiger partial charge on any atom is 0.310 e. The van der Waals surface area contributed by atoms with Crippen LogP contribution >= 0.6 is 12.4 Å². The molecule has 14 heavy (non-hydrogen) atoms. The van der Waals surface area contributed by atoms with Gasteiger partial charge in [-0.05, 0) is 40.2 Å². The van der Waals surface area contributed by atoms with E-state index in [4.69, 9.17) is 4.74 Å². The Morgan fingerprint density at radius 2 is 2.07 bits per heavy atom. The molecule has 0 aromatic carbocycles. The van der Waals surface area contributed by atoms with E-state index in [1.165, 1.54) is 0 Å². The summed E-state index contributed by atoms with van der Waals surface area (Å²) in [7, 11) is 0. The number of rotatable bonds is 1. The van der Waals surface area contributed by atoms with Gasteiger partial charge in [0.2, 0.25) is 0 Å². The quantitative estimate of drug-likeness (QED) is 0.686. The van der Waals surface area contributed by atoms with E-state index in [1.54, 1.807) is 0 Å². The van der Waals surface area contributed by atoms with Gasteiger partial charge in [0.1, 0.15) is 5.60 Å². The molecule has 3 nitrogen and oxygen atoms in total. The van der Waals surface area contributed by atoms with Gasteiger partial charge in [-0.3, -0.25) is 4.79 Å². The second-order valence-corrected chi connectivity index (χ2v) is 4.58. The normalized spacial score (nSPS) is 22.4. The van der Waals surface area contributed by atoms with Gasteiger partial charge >= 0.3 is 5.97 Å². The maximum atomic E-state index is 11.6. The maximum absolute atomic E-state index is 11.6. The van der Waals surface area contributed by atoms with Crippen LogP contribution < -0.4 is 5.32 Å². The van der Waals surface area contributed by atoms with Crippen molar-refractivity contribution in [2.75, 3.05) is 13.1 Å². The fourth-order valence-electron chi connectivity index (χ4n) is 1.44. The molecule has 0 spiro atoms. The summed E-state index contributed by atoms with van der Waals surface area (Å²) in [5.74, 6) is 0.00711. The Kier molecular flexibility index (Phi) is 5.45. The van der Waals surface area contributed by atoms with Crippen LogP contribution in [0.1, 0.15) is 33.6 Å². The van der Waals surface area contributed by atoms with E-state index >= 15 is 0 Å². The van der Waals surface area contributed by atoms with E-state index in [0.717, 1.165) is 25.9 Å². The Labute approximate surface area is 92.0 Å². The fraction of sp³-hybridized carbons (Fsp3) is 0.900. The molecule has 0 saturated carbocycles. The number of carbonyl (C=O) groups is 1. The molecule has 0 aliphatic carbocycles. The standard InChI is InChI=1S/C10H19NO2.ClH/c1-10(2,3)13-9(12)8-5-4-6-11-7-8;/h8,11H,4-7H2,1-3H3;1H/t8-;/m0./s1. The Balaban J connectivity index is 0.00000169. The van der Waals surface area contributed by atoms with Crippen LogP contribution in [0.2, 0.25) is 0 Å². The average Bonchev–Trinajstić information content (AvgIpc) is 2.03. The van der Waals surface area contributed by atoms with E-state index in [0.29, 0.717) is 0 Å². The third kappa shape index (κ3) is 4.82. The van der Waals surface area contributed by atoms with Crippen molar-refractivity contribution in [2.24, 2.45) is 5.92 Å². The summed E-state index contributed by atoms with van der Waals surface area (Å²) in [6.07, 6.45) is 2.03. The SMILES string of the molecule is CC(C)(C)OC(=O)[C@H]1CCCNC1.Cl. The van der Waals surface area contributed by atoms with Crippen molar-refractivity contribution in [3.8, 4) is 0 Å². The van der Waals surface area contributed by atoms with E-state index < -0.39 is 0 Å². The van der Waals surface area contributed by atoms with E-state index in [9.17, 15) is 4.79 Å². The lowest BCUT2D eigenvalue weighted by Crippen LogP contribution is -2.38. The molecule has 0 bridgehead atoms. The molecule has 1 aliphatic heterocycles. The monoisotopic (exact) mass is 221 g/mol. The molecule has 84 valence electrons. The van der Waals surface area contributed by atoms with Crippen LogP contribution in [0, 0.1) is 5.92 Å². The predicted octanol–water partition coefficient (Wildman–Crippen LogP) is 1.75. The highest BCUT2D eigenvalue weighted by Gasteiger charge is 2.26. The predicted molar refractivity (Wildman–Crippen MR) is 58.7 cm³/mol. The molecular weight excluding hydrogens is 202 g/mol. The van der Waals surface area contributed by atoms with E-state index in [1.807, 2.05) is 20.8 Å². The van der Waals surface area contributed by atoms with Crippen LogP contribution in [-0.2, 0) is 9.53 Å². The smallest absolute Gasteiger partial charge is 0.310 e. The van der Waals surface area contributed by atoms with Crippen molar-refractivity contribution < 1.29 is 9.53 Å². The van der Waals surface area contributed by atoms with Gasteiger partial charge in [-0.1, -0.05) is 0 Å². The molecule has 1 rings (SSSR count). The largest absolute Gasteiger partial charge is 0.460 e. The van der Waals surface area contributed by atoms with Gasteiger partial charge in [0.05, 0.1) is 5.92 Å². The van der Waals surface area contributed by atoms with Gasteiger partial charge in [0, 0.05) is 6.54 Å². The van der Waals surface area contributed by atoms with Gasteiger partial charge in [-0.15, -0.1) is 12.4 Å². The molecule has 0 amide bonds. The topological polar surface area (TPSA) is 38.3 Å². The summed E-state index contributed by atoms with van der Waals surface area (Å²) in [6.45, 7) is 7.51. The molecule has 1 aliphatic rings. The number of hydrogen-bond donors (Lipinski definition) is 1. The fourth-order valence-corrected chi connectivity index (χ4v) is 1.44. The van der Waals surface area contributed by atoms with Gasteiger partial charge in [0.25, 0.3) is 0 Å². The number of piperidine rings is 1. The molecular formula is C10H20ClNO2. The summed E-state index contributed by atoms with van der Waals surface area (Å²) >= 11 is 0.